The minimum absolute atomic E-state index is 0.346. The summed E-state index contributed by atoms with van der Waals surface area (Å²) in [4.78, 5) is 3.85. The minimum Gasteiger partial charge on any atom is -0.373 e. The highest BCUT2D eigenvalue weighted by atomic mass is 79.9. The maximum atomic E-state index is 6.89. The highest BCUT2D eigenvalue weighted by Gasteiger charge is 1.86. The lowest BCUT2D eigenvalue weighted by molar-refractivity contribution is 1.27. The van der Waals surface area contributed by atoms with E-state index < -0.39 is 6.98 Å². The van der Waals surface area contributed by atoms with E-state index in [2.05, 4.69) is 26.2 Å². The fourth-order valence-electron chi connectivity index (χ4n) is 0.450. The molecule has 1 aromatic rings. The van der Waals surface area contributed by atoms with Gasteiger partial charge in [-0.15, -0.1) is 0 Å². The van der Waals surface area contributed by atoms with E-state index in [0.717, 1.165) is 4.47 Å². The van der Waals surface area contributed by atoms with Gasteiger partial charge in [0.15, 0.2) is 0 Å². The van der Waals surface area contributed by atoms with Crippen LogP contribution in [0.3, 0.4) is 0 Å². The Kier molecular flexibility index (Phi) is 1.12. The Morgan fingerprint density at radius 3 is 3.22 bits per heavy atom. The van der Waals surface area contributed by atoms with E-state index in [1.165, 1.54) is 6.20 Å². The van der Waals surface area contributed by atoms with Crippen LogP contribution in [-0.2, 0) is 0 Å². The molecule has 0 aliphatic carbocycles. The Labute approximate surface area is 66.6 Å². The number of pyridine rings is 1. The van der Waals surface area contributed by atoms with Crippen molar-refractivity contribution in [1.82, 2.24) is 4.98 Å². The zero-order chi connectivity index (χ0) is 9.19. The van der Waals surface area contributed by atoms with Crippen LogP contribution in [0.5, 0.6) is 0 Å². The summed E-state index contributed by atoms with van der Waals surface area (Å²) in [5, 5.41) is 2.28. The van der Waals surface area contributed by atoms with Crippen molar-refractivity contribution in [3.8, 4) is 0 Å². The van der Waals surface area contributed by atoms with E-state index in [1.807, 2.05) is 0 Å². The average molecular weight is 190 g/mol. The summed E-state index contributed by atoms with van der Waals surface area (Å²) < 4.78 is 21.5. The van der Waals surface area contributed by atoms with Crippen LogP contribution in [0.1, 0.15) is 4.11 Å². The van der Waals surface area contributed by atoms with Crippen LogP contribution >= 0.6 is 15.9 Å². The van der Waals surface area contributed by atoms with Gasteiger partial charge in [-0.3, -0.25) is 0 Å². The molecule has 0 aromatic carbocycles. The summed E-state index contributed by atoms with van der Waals surface area (Å²) >= 11 is 3.19. The third-order valence-corrected chi connectivity index (χ3v) is 1.32. The van der Waals surface area contributed by atoms with Crippen molar-refractivity contribution in [2.45, 2.75) is 0 Å². The molecule has 0 unspecified atom stereocenters. The van der Waals surface area contributed by atoms with Gasteiger partial charge in [0.25, 0.3) is 0 Å². The summed E-state index contributed by atoms with van der Waals surface area (Å²) in [6, 6.07) is 3.32. The second kappa shape index (κ2) is 2.82. The molecule has 48 valence electrons. The van der Waals surface area contributed by atoms with Crippen LogP contribution in [0.4, 0.5) is 5.82 Å². The van der Waals surface area contributed by atoms with Crippen LogP contribution in [-0.4, -0.2) is 12.0 Å². The van der Waals surface area contributed by atoms with Crippen molar-refractivity contribution in [2.24, 2.45) is 0 Å². The standard InChI is InChI=1S/C6H7BrN2/c1-8-6-3-2-5(7)4-9-6/h2-4H,1H3,(H,8,9)/i1D3. The van der Waals surface area contributed by atoms with E-state index in [9.17, 15) is 0 Å². The van der Waals surface area contributed by atoms with E-state index in [4.69, 9.17) is 4.11 Å². The van der Waals surface area contributed by atoms with E-state index in [-0.39, 0.29) is 0 Å². The van der Waals surface area contributed by atoms with Crippen molar-refractivity contribution in [3.63, 3.8) is 0 Å². The highest BCUT2D eigenvalue weighted by molar-refractivity contribution is 9.10. The average Bonchev–Trinajstić information content (AvgIpc) is 1.91. The van der Waals surface area contributed by atoms with Gasteiger partial charge >= 0.3 is 0 Å². The van der Waals surface area contributed by atoms with Crippen molar-refractivity contribution in [3.05, 3.63) is 22.8 Å². The van der Waals surface area contributed by atoms with Crippen molar-refractivity contribution >= 4 is 21.7 Å². The Hall–Kier alpha value is -0.570. The first-order chi connectivity index (χ1) is 5.47. The molecule has 0 spiro atoms. The normalized spacial score (nSPS) is 15.4. The molecule has 1 N–H and O–H groups in total. The van der Waals surface area contributed by atoms with Gasteiger partial charge in [-0.05, 0) is 28.1 Å². The first-order valence-corrected chi connectivity index (χ1v) is 3.16. The lowest BCUT2D eigenvalue weighted by Crippen LogP contribution is -1.89. The van der Waals surface area contributed by atoms with Crippen molar-refractivity contribution < 1.29 is 4.11 Å². The van der Waals surface area contributed by atoms with Gasteiger partial charge < -0.3 is 5.32 Å². The van der Waals surface area contributed by atoms with Crippen molar-refractivity contribution in [2.75, 3.05) is 12.3 Å². The molecule has 0 radical (unpaired) electrons. The highest BCUT2D eigenvalue weighted by Crippen LogP contribution is 2.09. The summed E-state index contributed by atoms with van der Waals surface area (Å²) in [7, 11) is 0. The molecule has 0 fully saturated rings. The Balaban J connectivity index is 2.71. The predicted molar refractivity (Wildman–Crippen MR) is 41.5 cm³/mol. The number of aromatic nitrogens is 1. The molecule has 0 aliphatic rings. The number of hydrogen-bond acceptors (Lipinski definition) is 2. The van der Waals surface area contributed by atoms with E-state index in [1.54, 1.807) is 12.1 Å². The van der Waals surface area contributed by atoms with Crippen LogP contribution in [0.2, 0.25) is 0 Å². The smallest absolute Gasteiger partial charge is 0.125 e. The molecule has 1 rings (SSSR count). The number of hydrogen-bond donors (Lipinski definition) is 1. The zero-order valence-electron chi connectivity index (χ0n) is 7.56. The largest absolute Gasteiger partial charge is 0.373 e. The van der Waals surface area contributed by atoms with Crippen molar-refractivity contribution in [1.29, 1.82) is 0 Å². The number of rotatable bonds is 1. The fraction of sp³-hybridized carbons (Fsp3) is 0.167. The SMILES string of the molecule is [2H]C([2H])([2H])Nc1ccc(Br)cn1. The van der Waals surface area contributed by atoms with Gasteiger partial charge in [0.05, 0.1) is 0 Å². The summed E-state index contributed by atoms with van der Waals surface area (Å²) in [5.74, 6) is 0.346. The lowest BCUT2D eigenvalue weighted by Gasteiger charge is -1.95. The molecule has 0 atom stereocenters. The fourth-order valence-corrected chi connectivity index (χ4v) is 0.684. The second-order valence-corrected chi connectivity index (χ2v) is 2.40. The molecule has 9 heavy (non-hydrogen) atoms. The Morgan fingerprint density at radius 1 is 1.78 bits per heavy atom. The number of nitrogens with one attached hydrogen (secondary N) is 1. The molecule has 1 aromatic heterocycles. The molecule has 0 amide bonds. The van der Waals surface area contributed by atoms with Crippen LogP contribution in [0, 0.1) is 0 Å². The van der Waals surface area contributed by atoms with Crippen LogP contribution in [0.15, 0.2) is 22.8 Å². The van der Waals surface area contributed by atoms with Crippen LogP contribution < -0.4 is 5.32 Å². The van der Waals surface area contributed by atoms with Gasteiger partial charge in [0.1, 0.15) is 5.82 Å². The lowest BCUT2D eigenvalue weighted by atomic mass is 10.5. The minimum atomic E-state index is -2.18. The summed E-state index contributed by atoms with van der Waals surface area (Å²) in [6.07, 6.45) is 1.54. The van der Waals surface area contributed by atoms with Gasteiger partial charge in [-0.2, -0.15) is 0 Å². The third-order valence-electron chi connectivity index (χ3n) is 0.855. The molecule has 3 heteroatoms. The van der Waals surface area contributed by atoms with Crippen LogP contribution in [0.25, 0.3) is 0 Å². The quantitative estimate of drug-likeness (QED) is 0.731. The first kappa shape index (κ1) is 3.56. The van der Waals surface area contributed by atoms with E-state index in [0.29, 0.717) is 5.82 Å². The third kappa shape index (κ3) is 1.68. The second-order valence-electron chi connectivity index (χ2n) is 1.49. The van der Waals surface area contributed by atoms with Gasteiger partial charge in [0, 0.05) is 21.8 Å². The molecule has 1 heterocycles. The molecule has 0 saturated carbocycles. The number of anilines is 1. The summed E-state index contributed by atoms with van der Waals surface area (Å²) in [6.45, 7) is -2.18. The number of halogens is 1. The van der Waals surface area contributed by atoms with Gasteiger partial charge in [0.2, 0.25) is 0 Å². The molecule has 2 nitrogen and oxygen atoms in total. The van der Waals surface area contributed by atoms with Gasteiger partial charge in [-0.25, -0.2) is 4.98 Å². The molecular weight excluding hydrogens is 180 g/mol. The summed E-state index contributed by atoms with van der Waals surface area (Å²) in [5.41, 5.74) is 0. The molecule has 0 aliphatic heterocycles. The maximum Gasteiger partial charge on any atom is 0.125 e. The Morgan fingerprint density at radius 2 is 2.67 bits per heavy atom. The Bertz CT molecular complexity index is 256. The first-order valence-electron chi connectivity index (χ1n) is 3.87. The zero-order valence-corrected chi connectivity index (χ0v) is 6.14. The van der Waals surface area contributed by atoms with E-state index >= 15 is 0 Å². The number of nitrogens with zero attached hydrogens (tertiary/aromatic N) is 1. The topological polar surface area (TPSA) is 24.9 Å². The molecular formula is C6H7BrN2. The maximum absolute atomic E-state index is 6.89. The van der Waals surface area contributed by atoms with Gasteiger partial charge in [-0.1, -0.05) is 0 Å². The predicted octanol–water partition coefficient (Wildman–Crippen LogP) is 1.89. The molecule has 0 bridgehead atoms. The molecule has 0 saturated heterocycles. The monoisotopic (exact) mass is 189 g/mol.